The van der Waals surface area contributed by atoms with Gasteiger partial charge in [-0.2, -0.15) is 4.31 Å². The van der Waals surface area contributed by atoms with Crippen molar-refractivity contribution in [2.45, 2.75) is 24.0 Å². The highest BCUT2D eigenvalue weighted by molar-refractivity contribution is 7.91. The molecule has 134 valence electrons. The van der Waals surface area contributed by atoms with Crippen molar-refractivity contribution >= 4 is 33.0 Å². The highest BCUT2D eigenvalue weighted by atomic mass is 32.2. The number of amides is 1. The number of hydrogen-bond donors (Lipinski definition) is 1. The number of anilines is 1. The van der Waals surface area contributed by atoms with E-state index in [-0.39, 0.29) is 22.5 Å². The van der Waals surface area contributed by atoms with Gasteiger partial charge in [-0.3, -0.25) is 4.79 Å². The molecule has 1 aromatic carbocycles. The molecule has 1 unspecified atom stereocenters. The number of hydrogen-bond acceptors (Lipinski definition) is 4. The van der Waals surface area contributed by atoms with E-state index in [1.54, 1.807) is 36.6 Å². The topological polar surface area (TPSA) is 66.5 Å². The van der Waals surface area contributed by atoms with Crippen molar-refractivity contribution in [3.05, 3.63) is 47.1 Å². The maximum atomic E-state index is 13.6. The molecule has 8 heteroatoms. The molecule has 2 aromatic rings. The number of benzene rings is 1. The van der Waals surface area contributed by atoms with Gasteiger partial charge in [0.25, 0.3) is 10.0 Å². The van der Waals surface area contributed by atoms with Crippen LogP contribution in [-0.2, 0) is 14.8 Å². The van der Waals surface area contributed by atoms with Crippen LogP contribution in [0.4, 0.5) is 10.1 Å². The van der Waals surface area contributed by atoms with Gasteiger partial charge in [0, 0.05) is 18.8 Å². The molecule has 0 spiro atoms. The van der Waals surface area contributed by atoms with Crippen molar-refractivity contribution in [3.63, 3.8) is 0 Å². The molecule has 1 aromatic heterocycles. The summed E-state index contributed by atoms with van der Waals surface area (Å²) >= 11 is 1.17. The molecular formula is C17H19FN2O3S2. The number of rotatable bonds is 4. The lowest BCUT2D eigenvalue weighted by atomic mass is 9.98. The molecule has 1 saturated heterocycles. The van der Waals surface area contributed by atoms with E-state index < -0.39 is 15.9 Å². The predicted molar refractivity (Wildman–Crippen MR) is 95.6 cm³/mol. The van der Waals surface area contributed by atoms with Crippen LogP contribution >= 0.6 is 11.3 Å². The summed E-state index contributed by atoms with van der Waals surface area (Å²) in [6, 6.07) is 7.77. The van der Waals surface area contributed by atoms with Crippen LogP contribution in [-0.4, -0.2) is 31.7 Å². The Morgan fingerprint density at radius 1 is 1.36 bits per heavy atom. The molecule has 2 heterocycles. The van der Waals surface area contributed by atoms with Crippen LogP contribution in [0.25, 0.3) is 0 Å². The summed E-state index contributed by atoms with van der Waals surface area (Å²) in [5.74, 6) is -1.12. The summed E-state index contributed by atoms with van der Waals surface area (Å²) in [7, 11) is -3.56. The number of carbonyl (C=O) groups is 1. The van der Waals surface area contributed by atoms with Crippen LogP contribution in [0.15, 0.2) is 39.9 Å². The van der Waals surface area contributed by atoms with Gasteiger partial charge in [0.15, 0.2) is 0 Å². The number of nitrogens with one attached hydrogen (secondary N) is 1. The van der Waals surface area contributed by atoms with Crippen LogP contribution in [0.2, 0.25) is 0 Å². The van der Waals surface area contributed by atoms with Gasteiger partial charge in [-0.1, -0.05) is 12.1 Å². The van der Waals surface area contributed by atoms with Gasteiger partial charge in [-0.25, -0.2) is 12.8 Å². The van der Waals surface area contributed by atoms with Gasteiger partial charge in [0.1, 0.15) is 10.0 Å². The second-order valence-electron chi connectivity index (χ2n) is 6.09. The van der Waals surface area contributed by atoms with Crippen LogP contribution in [0.5, 0.6) is 0 Å². The van der Waals surface area contributed by atoms with Crippen molar-refractivity contribution in [2.24, 2.45) is 5.92 Å². The Morgan fingerprint density at radius 2 is 2.16 bits per heavy atom. The Labute approximate surface area is 150 Å². The van der Waals surface area contributed by atoms with E-state index in [2.05, 4.69) is 5.32 Å². The molecule has 1 aliphatic rings. The number of piperidine rings is 1. The number of carbonyl (C=O) groups excluding carboxylic acids is 1. The van der Waals surface area contributed by atoms with Crippen LogP contribution in [0, 0.1) is 18.7 Å². The molecule has 0 aliphatic carbocycles. The second kappa shape index (κ2) is 7.23. The first-order valence-corrected chi connectivity index (χ1v) is 10.3. The lowest BCUT2D eigenvalue weighted by Gasteiger charge is -2.30. The lowest BCUT2D eigenvalue weighted by Crippen LogP contribution is -2.43. The molecular weight excluding hydrogens is 363 g/mol. The Balaban J connectivity index is 1.70. The highest BCUT2D eigenvalue weighted by Gasteiger charge is 2.33. The summed E-state index contributed by atoms with van der Waals surface area (Å²) < 4.78 is 40.5. The van der Waals surface area contributed by atoms with Crippen LogP contribution in [0.3, 0.4) is 0 Å². The molecule has 0 radical (unpaired) electrons. The van der Waals surface area contributed by atoms with E-state index in [4.69, 9.17) is 0 Å². The first-order chi connectivity index (χ1) is 11.9. The van der Waals surface area contributed by atoms with E-state index in [0.29, 0.717) is 30.6 Å². The zero-order chi connectivity index (χ0) is 18.0. The van der Waals surface area contributed by atoms with Crippen molar-refractivity contribution in [3.8, 4) is 0 Å². The zero-order valence-corrected chi connectivity index (χ0v) is 15.4. The molecule has 25 heavy (non-hydrogen) atoms. The monoisotopic (exact) mass is 382 g/mol. The number of sulfonamides is 1. The number of aryl methyl sites for hydroxylation is 1. The minimum Gasteiger partial charge on any atom is -0.326 e. The second-order valence-corrected chi connectivity index (χ2v) is 9.20. The fourth-order valence-corrected chi connectivity index (χ4v) is 5.50. The SMILES string of the molecule is Cc1ccc(NC(=O)C2CCCN(S(=O)(=O)c3cccs3)C2)cc1F. The number of thiophene rings is 1. The van der Waals surface area contributed by atoms with Crippen molar-refractivity contribution in [1.82, 2.24) is 4.31 Å². The van der Waals surface area contributed by atoms with E-state index >= 15 is 0 Å². The summed E-state index contributed by atoms with van der Waals surface area (Å²) in [5.41, 5.74) is 0.884. The van der Waals surface area contributed by atoms with E-state index in [0.717, 1.165) is 0 Å². The Morgan fingerprint density at radius 3 is 2.84 bits per heavy atom. The average Bonchev–Trinajstić information content (AvgIpc) is 3.14. The third-order valence-electron chi connectivity index (χ3n) is 4.28. The molecule has 1 aliphatic heterocycles. The Bertz CT molecular complexity index is 866. The molecule has 1 N–H and O–H groups in total. The molecule has 1 atom stereocenters. The number of nitrogens with zero attached hydrogens (tertiary/aromatic N) is 1. The smallest absolute Gasteiger partial charge is 0.252 e. The fourth-order valence-electron chi connectivity index (χ4n) is 2.83. The van der Waals surface area contributed by atoms with Gasteiger partial charge >= 0.3 is 0 Å². The largest absolute Gasteiger partial charge is 0.326 e. The van der Waals surface area contributed by atoms with E-state index in [1.807, 2.05) is 0 Å². The third kappa shape index (κ3) is 3.91. The van der Waals surface area contributed by atoms with Crippen LogP contribution in [0.1, 0.15) is 18.4 Å². The molecule has 0 bridgehead atoms. The summed E-state index contributed by atoms with van der Waals surface area (Å²) in [6.45, 7) is 2.19. The predicted octanol–water partition coefficient (Wildman–Crippen LogP) is 3.24. The highest BCUT2D eigenvalue weighted by Crippen LogP contribution is 2.27. The third-order valence-corrected chi connectivity index (χ3v) is 7.52. The summed E-state index contributed by atoms with van der Waals surface area (Å²) in [5, 5.41) is 4.40. The molecule has 3 rings (SSSR count). The minimum absolute atomic E-state index is 0.139. The first-order valence-electron chi connectivity index (χ1n) is 7.98. The van der Waals surface area contributed by atoms with E-state index in [9.17, 15) is 17.6 Å². The van der Waals surface area contributed by atoms with Crippen molar-refractivity contribution in [2.75, 3.05) is 18.4 Å². The van der Waals surface area contributed by atoms with Crippen molar-refractivity contribution < 1.29 is 17.6 Å². The standard InChI is InChI=1S/C17H19FN2O3S2/c1-12-6-7-14(10-15(12)18)19-17(21)13-4-2-8-20(11-13)25(22,23)16-5-3-9-24-16/h3,5-7,9-10,13H,2,4,8,11H2,1H3,(H,19,21). The Kier molecular flexibility index (Phi) is 5.21. The maximum absolute atomic E-state index is 13.6. The van der Waals surface area contributed by atoms with Gasteiger partial charge in [-0.15, -0.1) is 11.3 Å². The Hall–Kier alpha value is -1.77. The lowest BCUT2D eigenvalue weighted by molar-refractivity contribution is -0.120. The minimum atomic E-state index is -3.56. The van der Waals surface area contributed by atoms with Gasteiger partial charge < -0.3 is 5.32 Å². The van der Waals surface area contributed by atoms with Crippen molar-refractivity contribution in [1.29, 1.82) is 0 Å². The van der Waals surface area contributed by atoms with E-state index in [1.165, 1.54) is 21.7 Å². The zero-order valence-electron chi connectivity index (χ0n) is 13.7. The summed E-state index contributed by atoms with van der Waals surface area (Å²) in [6.07, 6.45) is 1.22. The maximum Gasteiger partial charge on any atom is 0.252 e. The van der Waals surface area contributed by atoms with Gasteiger partial charge in [0.2, 0.25) is 5.91 Å². The number of halogens is 1. The molecule has 1 amide bonds. The van der Waals surface area contributed by atoms with Gasteiger partial charge in [-0.05, 0) is 48.9 Å². The normalized spacial score (nSPS) is 18.9. The first kappa shape index (κ1) is 18.0. The van der Waals surface area contributed by atoms with Crippen LogP contribution < -0.4 is 5.32 Å². The average molecular weight is 382 g/mol. The fraction of sp³-hybridized carbons (Fsp3) is 0.353. The molecule has 5 nitrogen and oxygen atoms in total. The quantitative estimate of drug-likeness (QED) is 0.883. The molecule has 0 saturated carbocycles. The van der Waals surface area contributed by atoms with Gasteiger partial charge in [0.05, 0.1) is 5.92 Å². The molecule has 1 fully saturated rings. The summed E-state index contributed by atoms with van der Waals surface area (Å²) in [4.78, 5) is 12.5.